The fourth-order valence-electron chi connectivity index (χ4n) is 4.01. The summed E-state index contributed by atoms with van der Waals surface area (Å²) in [4.78, 5) is 22.8. The molecule has 0 spiro atoms. The standard InChI is InChI=1S/C23H35O3Si/c1-5-9-10-19-11-15-21(16-12-19)25-26-23(24)20-13-17-22(18-14-20)27(6-2,7-3)8-4/h6,13-14,17-19H,2,5,7-12,15-16H2,1,3-4H3. The molecule has 3 nitrogen and oxygen atoms in total. The minimum atomic E-state index is -1.64. The van der Waals surface area contributed by atoms with Crippen LogP contribution in [0.3, 0.4) is 0 Å². The van der Waals surface area contributed by atoms with Gasteiger partial charge >= 0.3 is 5.97 Å². The van der Waals surface area contributed by atoms with Crippen molar-refractivity contribution in [3.8, 4) is 0 Å². The fourth-order valence-corrected chi connectivity index (χ4v) is 6.97. The van der Waals surface area contributed by atoms with E-state index in [1.807, 2.05) is 12.1 Å². The van der Waals surface area contributed by atoms with Crippen molar-refractivity contribution >= 4 is 19.2 Å². The molecule has 1 fully saturated rings. The van der Waals surface area contributed by atoms with E-state index in [9.17, 15) is 4.79 Å². The maximum atomic E-state index is 12.3. The van der Waals surface area contributed by atoms with Crippen LogP contribution in [0, 0.1) is 12.0 Å². The predicted octanol–water partition coefficient (Wildman–Crippen LogP) is 6.11. The van der Waals surface area contributed by atoms with Crippen molar-refractivity contribution in [1.82, 2.24) is 0 Å². The summed E-state index contributed by atoms with van der Waals surface area (Å²) in [5, 5.41) is 1.32. The normalized spacial score (nSPS) is 16.3. The Balaban J connectivity index is 1.84. The fraction of sp³-hybridized carbons (Fsp3) is 0.565. The lowest BCUT2D eigenvalue weighted by molar-refractivity contribution is -0.240. The van der Waals surface area contributed by atoms with Crippen LogP contribution in [0.4, 0.5) is 0 Å². The number of carbonyl (C=O) groups excluding carboxylic acids is 1. The van der Waals surface area contributed by atoms with Crippen molar-refractivity contribution < 1.29 is 14.6 Å². The summed E-state index contributed by atoms with van der Waals surface area (Å²) in [7, 11) is -1.64. The summed E-state index contributed by atoms with van der Waals surface area (Å²) in [6, 6.07) is 10.1. The Kier molecular flexibility index (Phi) is 8.77. The Labute approximate surface area is 166 Å². The summed E-state index contributed by atoms with van der Waals surface area (Å²) >= 11 is 0. The van der Waals surface area contributed by atoms with Crippen molar-refractivity contribution in [2.24, 2.45) is 5.92 Å². The van der Waals surface area contributed by atoms with E-state index in [0.717, 1.165) is 49.8 Å². The van der Waals surface area contributed by atoms with Crippen LogP contribution in [-0.2, 0) is 9.78 Å². The zero-order chi connectivity index (χ0) is 19.7. The lowest BCUT2D eigenvalue weighted by atomic mass is 9.84. The van der Waals surface area contributed by atoms with Gasteiger partial charge in [0.15, 0.2) is 0 Å². The van der Waals surface area contributed by atoms with Crippen molar-refractivity contribution in [2.45, 2.75) is 77.8 Å². The average molecular weight is 388 g/mol. The van der Waals surface area contributed by atoms with Gasteiger partial charge in [0.25, 0.3) is 0 Å². The molecular weight excluding hydrogens is 352 g/mol. The number of carbonyl (C=O) groups is 1. The second-order valence-electron chi connectivity index (χ2n) is 7.72. The van der Waals surface area contributed by atoms with Gasteiger partial charge in [-0.15, -0.1) is 6.58 Å². The first-order chi connectivity index (χ1) is 13.1. The highest BCUT2D eigenvalue weighted by Gasteiger charge is 2.28. The number of benzene rings is 1. The molecule has 0 unspecified atom stereocenters. The van der Waals surface area contributed by atoms with Gasteiger partial charge in [-0.2, -0.15) is 4.89 Å². The van der Waals surface area contributed by atoms with Crippen LogP contribution in [0.15, 0.2) is 36.5 Å². The highest BCUT2D eigenvalue weighted by molar-refractivity contribution is 6.95. The minimum absolute atomic E-state index is 0.416. The van der Waals surface area contributed by atoms with Gasteiger partial charge in [0.05, 0.1) is 5.56 Å². The van der Waals surface area contributed by atoms with Gasteiger partial charge in [-0.1, -0.05) is 75.1 Å². The molecule has 1 aromatic rings. The number of unbranched alkanes of at least 4 members (excludes halogenated alkanes) is 1. The molecule has 1 radical (unpaired) electrons. The molecule has 27 heavy (non-hydrogen) atoms. The highest BCUT2D eigenvalue weighted by atomic mass is 28.3. The monoisotopic (exact) mass is 387 g/mol. The second kappa shape index (κ2) is 10.8. The van der Waals surface area contributed by atoms with Crippen LogP contribution >= 0.6 is 0 Å². The summed E-state index contributed by atoms with van der Waals surface area (Å²) in [6.45, 7) is 10.7. The van der Waals surface area contributed by atoms with Gasteiger partial charge in [-0.05, 0) is 43.7 Å². The lowest BCUT2D eigenvalue weighted by Gasteiger charge is -2.26. The molecular formula is C23H35O3Si. The molecule has 2 rings (SSSR count). The number of hydrogen-bond donors (Lipinski definition) is 0. The van der Waals surface area contributed by atoms with Gasteiger partial charge in [0.1, 0.15) is 14.2 Å². The average Bonchev–Trinajstić information content (AvgIpc) is 2.73. The van der Waals surface area contributed by atoms with Gasteiger partial charge < -0.3 is 0 Å². The summed E-state index contributed by atoms with van der Waals surface area (Å²) in [5.74, 6) is 0.382. The molecule has 0 aliphatic heterocycles. The Bertz CT molecular complexity index is 584. The molecule has 0 aromatic heterocycles. The third-order valence-electron chi connectivity index (χ3n) is 6.21. The van der Waals surface area contributed by atoms with E-state index in [1.54, 1.807) is 0 Å². The van der Waals surface area contributed by atoms with E-state index in [1.165, 1.54) is 24.4 Å². The van der Waals surface area contributed by atoms with Crippen molar-refractivity contribution in [3.05, 3.63) is 48.2 Å². The SMILES string of the molecule is C=C[Si](CC)(CC)c1ccc(C(=O)OO[C]2CCC(CCCC)CC2)cc1. The number of rotatable bonds is 10. The maximum Gasteiger partial charge on any atom is 0.373 e. The van der Waals surface area contributed by atoms with Crippen LogP contribution in [0.5, 0.6) is 0 Å². The number of hydrogen-bond acceptors (Lipinski definition) is 3. The molecule has 0 amide bonds. The summed E-state index contributed by atoms with van der Waals surface area (Å²) in [5.41, 5.74) is 2.69. The quantitative estimate of drug-likeness (QED) is 0.276. The summed E-state index contributed by atoms with van der Waals surface area (Å²) in [6.07, 6.45) is 8.87. The molecule has 1 saturated carbocycles. The van der Waals surface area contributed by atoms with Crippen molar-refractivity contribution in [3.63, 3.8) is 0 Å². The minimum Gasteiger partial charge on any atom is -0.292 e. The zero-order valence-electron chi connectivity index (χ0n) is 17.3. The van der Waals surface area contributed by atoms with Gasteiger partial charge in [-0.25, -0.2) is 4.79 Å². The van der Waals surface area contributed by atoms with E-state index >= 15 is 0 Å². The summed E-state index contributed by atoms with van der Waals surface area (Å²) < 4.78 is 0. The van der Waals surface area contributed by atoms with Gasteiger partial charge in [0, 0.05) is 0 Å². The molecule has 1 aliphatic rings. The first-order valence-corrected chi connectivity index (χ1v) is 13.0. The molecule has 1 aromatic carbocycles. The Morgan fingerprint density at radius 3 is 2.30 bits per heavy atom. The molecule has 0 heterocycles. The topological polar surface area (TPSA) is 35.5 Å². The van der Waals surface area contributed by atoms with E-state index < -0.39 is 14.0 Å². The van der Waals surface area contributed by atoms with Crippen LogP contribution in [0.1, 0.15) is 76.1 Å². The molecule has 1 aliphatic carbocycles. The van der Waals surface area contributed by atoms with Crippen molar-refractivity contribution in [2.75, 3.05) is 0 Å². The predicted molar refractivity (Wildman–Crippen MR) is 114 cm³/mol. The van der Waals surface area contributed by atoms with E-state index in [-0.39, 0.29) is 0 Å². The first-order valence-electron chi connectivity index (χ1n) is 10.6. The van der Waals surface area contributed by atoms with E-state index in [2.05, 4.69) is 45.2 Å². The van der Waals surface area contributed by atoms with E-state index in [4.69, 9.17) is 9.78 Å². The Morgan fingerprint density at radius 1 is 1.15 bits per heavy atom. The lowest BCUT2D eigenvalue weighted by Crippen LogP contribution is -2.44. The largest absolute Gasteiger partial charge is 0.373 e. The smallest absolute Gasteiger partial charge is 0.292 e. The van der Waals surface area contributed by atoms with Crippen LogP contribution in [0.25, 0.3) is 0 Å². The molecule has 0 bridgehead atoms. The Morgan fingerprint density at radius 2 is 1.78 bits per heavy atom. The Hall–Kier alpha value is -1.39. The van der Waals surface area contributed by atoms with Gasteiger partial charge in [0.2, 0.25) is 0 Å². The highest BCUT2D eigenvalue weighted by Crippen LogP contribution is 2.34. The third-order valence-corrected chi connectivity index (χ3v) is 11.0. The van der Waals surface area contributed by atoms with Gasteiger partial charge in [-0.3, -0.25) is 4.89 Å². The van der Waals surface area contributed by atoms with Crippen LogP contribution in [-0.4, -0.2) is 14.0 Å². The van der Waals surface area contributed by atoms with E-state index in [0.29, 0.717) is 5.56 Å². The van der Waals surface area contributed by atoms with Crippen LogP contribution < -0.4 is 5.19 Å². The molecule has 4 heteroatoms. The zero-order valence-corrected chi connectivity index (χ0v) is 18.3. The maximum absolute atomic E-state index is 12.3. The molecule has 0 atom stereocenters. The third kappa shape index (κ3) is 5.79. The van der Waals surface area contributed by atoms with Crippen molar-refractivity contribution in [1.29, 1.82) is 0 Å². The molecule has 149 valence electrons. The van der Waals surface area contributed by atoms with Crippen LogP contribution in [0.2, 0.25) is 12.1 Å². The second-order valence-corrected chi connectivity index (χ2v) is 12.4. The molecule has 0 N–H and O–H groups in total. The molecule has 0 saturated heterocycles. The first kappa shape index (κ1) is 21.9.